The van der Waals surface area contributed by atoms with E-state index in [-0.39, 0.29) is 97.3 Å². The molecule has 25 heteroatoms. The smallest absolute Gasteiger partial charge is 0.320 e. The van der Waals surface area contributed by atoms with E-state index in [4.69, 9.17) is 23.7 Å². The summed E-state index contributed by atoms with van der Waals surface area (Å²) in [6.07, 6.45) is 2.70. The van der Waals surface area contributed by atoms with Crippen LogP contribution < -0.4 is 16.0 Å². The lowest BCUT2D eigenvalue weighted by molar-refractivity contribution is -0.158. The fourth-order valence-electron chi connectivity index (χ4n) is 9.77. The topological polar surface area (TPSA) is 284 Å². The summed E-state index contributed by atoms with van der Waals surface area (Å²) in [5, 5.41) is 8.80. The summed E-state index contributed by atoms with van der Waals surface area (Å²) in [7, 11) is 1.23. The number of rotatable bonds is 23. The zero-order valence-electron chi connectivity index (χ0n) is 53.9. The van der Waals surface area contributed by atoms with E-state index in [0.717, 1.165) is 5.56 Å². The van der Waals surface area contributed by atoms with Crippen LogP contribution in [0.5, 0.6) is 0 Å². The number of carbonyl (C=O) groups excluding carboxylic acids is 9. The van der Waals surface area contributed by atoms with Gasteiger partial charge in [-0.1, -0.05) is 30.3 Å². The maximum atomic E-state index is 14.3. The molecular weight excluding hydrogens is 1130 g/mol. The Bertz CT molecular complexity index is 2780. The Hall–Kier alpha value is -7.48. The van der Waals surface area contributed by atoms with Crippen LogP contribution in [0.15, 0.2) is 60.9 Å². The highest BCUT2D eigenvalue weighted by atomic mass is 16.6. The number of fused-ring (bicyclic) bond motifs is 1. The maximum Gasteiger partial charge on any atom is 0.320 e. The van der Waals surface area contributed by atoms with Crippen LogP contribution in [0.2, 0.25) is 0 Å². The highest BCUT2D eigenvalue weighted by Gasteiger charge is 2.34. The van der Waals surface area contributed by atoms with Crippen molar-refractivity contribution in [2.45, 2.75) is 156 Å². The summed E-state index contributed by atoms with van der Waals surface area (Å²) in [5.74, 6) is -4.09. The molecule has 1 fully saturated rings. The Morgan fingerprint density at radius 2 is 1.15 bits per heavy atom. The van der Waals surface area contributed by atoms with E-state index in [1.807, 2.05) is 49.9 Å². The van der Waals surface area contributed by atoms with E-state index < -0.39 is 88.5 Å². The third-order valence-electron chi connectivity index (χ3n) is 13.6. The van der Waals surface area contributed by atoms with Gasteiger partial charge in [-0.3, -0.25) is 62.8 Å². The van der Waals surface area contributed by atoms with Crippen LogP contribution in [0.1, 0.15) is 130 Å². The highest BCUT2D eigenvalue weighted by molar-refractivity contribution is 5.96. The van der Waals surface area contributed by atoms with Gasteiger partial charge in [0.15, 0.2) is 0 Å². The average molecular weight is 1230 g/mol. The first-order valence-corrected chi connectivity index (χ1v) is 30.1. The number of imidazole rings is 1. The molecule has 1 saturated heterocycles. The van der Waals surface area contributed by atoms with Gasteiger partial charge in [0.25, 0.3) is 5.91 Å². The lowest BCUT2D eigenvalue weighted by atomic mass is 10.1. The second-order valence-corrected chi connectivity index (χ2v) is 26.2. The molecule has 0 spiro atoms. The molecule has 486 valence electrons. The van der Waals surface area contributed by atoms with Crippen LogP contribution in [0, 0.1) is 0 Å². The predicted octanol–water partition coefficient (Wildman–Crippen LogP) is 3.91. The van der Waals surface area contributed by atoms with Gasteiger partial charge in [0.2, 0.25) is 17.7 Å². The summed E-state index contributed by atoms with van der Waals surface area (Å²) in [6, 6.07) is 12.2. The molecular formula is C63H95N11O14. The number of hydrogen-bond donors (Lipinski definition) is 4. The van der Waals surface area contributed by atoms with E-state index in [2.05, 4.69) is 25.9 Å². The van der Waals surface area contributed by atoms with Crippen molar-refractivity contribution < 1.29 is 66.8 Å². The quantitative estimate of drug-likeness (QED) is 0.0595. The Kier molecular flexibility index (Phi) is 26.5. The monoisotopic (exact) mass is 1230 g/mol. The highest BCUT2D eigenvalue weighted by Crippen LogP contribution is 2.27. The van der Waals surface area contributed by atoms with Crippen molar-refractivity contribution in [2.24, 2.45) is 0 Å². The number of aromatic amines is 1. The molecule has 3 heterocycles. The van der Waals surface area contributed by atoms with Gasteiger partial charge < -0.3 is 54.4 Å². The Morgan fingerprint density at radius 1 is 0.648 bits per heavy atom. The zero-order chi connectivity index (χ0) is 65.0. The molecule has 0 radical (unpaired) electrons. The molecule has 0 unspecified atom stereocenters. The molecule has 0 bridgehead atoms. The molecule has 2 atom stereocenters. The number of carbonyl (C=O) groups is 9. The van der Waals surface area contributed by atoms with Gasteiger partial charge >= 0.3 is 29.8 Å². The van der Waals surface area contributed by atoms with Crippen molar-refractivity contribution >= 4 is 59.2 Å². The number of anilines is 1. The number of nitrogens with zero attached hydrogens (tertiary/aromatic N) is 7. The second-order valence-electron chi connectivity index (χ2n) is 26.2. The third kappa shape index (κ3) is 26.5. The number of benzene rings is 2. The Labute approximate surface area is 518 Å². The molecule has 3 aromatic rings. The Balaban J connectivity index is 1.34. The number of esters is 5. The van der Waals surface area contributed by atoms with E-state index in [1.54, 1.807) is 119 Å². The summed E-state index contributed by atoms with van der Waals surface area (Å²) >= 11 is 0. The first kappa shape index (κ1) is 71.3. The number of amides is 4. The lowest BCUT2D eigenvalue weighted by Gasteiger charge is -2.34. The fraction of sp³-hybridized carbons (Fsp3) is 0.619. The normalized spacial score (nSPS) is 16.7. The van der Waals surface area contributed by atoms with Crippen LogP contribution in [0.3, 0.4) is 0 Å². The van der Waals surface area contributed by atoms with Crippen LogP contribution in [-0.4, -0.2) is 226 Å². The SMILES string of the molecule is COC(=O)C[C@H]1Nc2ccc(C(=O)N(Cc3ccccc3)Cc3ncc[nH]3)cc2CN(CCCNC(=O)[C@H](CC(=O)OC(C)(C)C)NC(=O)CN2CCN(CC(=O)OC(C)(C)C)CCN(CC(=O)OC(C)(C)C)CCN(CC(=O)OC(C)(C)C)CC2)C1=O. The molecule has 1 aromatic heterocycles. The molecule has 2 aliphatic rings. The number of hydrogen-bond acceptors (Lipinski definition) is 20. The van der Waals surface area contributed by atoms with E-state index in [1.165, 1.54) is 12.0 Å². The molecule has 0 aliphatic carbocycles. The van der Waals surface area contributed by atoms with E-state index in [0.29, 0.717) is 55.4 Å². The van der Waals surface area contributed by atoms with Gasteiger partial charge in [0.05, 0.1) is 52.7 Å². The minimum absolute atomic E-state index is 0.00665. The van der Waals surface area contributed by atoms with E-state index >= 15 is 0 Å². The van der Waals surface area contributed by atoms with Crippen LogP contribution in [-0.2, 0) is 81.7 Å². The molecule has 2 aromatic carbocycles. The number of H-pyrrole nitrogens is 1. The summed E-state index contributed by atoms with van der Waals surface area (Å²) in [4.78, 5) is 141. The maximum absolute atomic E-state index is 14.3. The van der Waals surface area contributed by atoms with Gasteiger partial charge in [-0.15, -0.1) is 0 Å². The van der Waals surface area contributed by atoms with Crippen molar-refractivity contribution in [3.63, 3.8) is 0 Å². The number of nitrogens with one attached hydrogen (secondary N) is 4. The predicted molar refractivity (Wildman–Crippen MR) is 328 cm³/mol. The number of aromatic nitrogens is 2. The van der Waals surface area contributed by atoms with Crippen molar-refractivity contribution in [3.8, 4) is 0 Å². The van der Waals surface area contributed by atoms with Crippen LogP contribution in [0.4, 0.5) is 5.69 Å². The minimum atomic E-state index is -1.40. The van der Waals surface area contributed by atoms with Gasteiger partial charge in [0, 0.05) is 102 Å². The van der Waals surface area contributed by atoms with E-state index in [9.17, 15) is 43.2 Å². The standard InChI is InChI=1S/C63H95N11O14/c1-60(2,3)85-53(77)35-48(68-51(75)40-69-26-28-70(41-54(78)86-61(4,5)6)30-32-72(43-56(80)88-63(10,11)12)33-31-71(29-27-69)42-55(79)87-62(7,8)9)57(81)66-22-17-25-73-38-46-34-45(20-21-47(46)67-49(59(73)83)36-52(76)84-13)58(82)74(39-50-64-23-24-65-50)37-44-18-15-14-16-19-44/h14-16,18-21,23-24,34,48-49,67H,17,22,25-33,35-43H2,1-13H3,(H,64,65)(H,66,81)(H,68,75)/t48-,49+/m0/s1. The summed E-state index contributed by atoms with van der Waals surface area (Å²) in [5.41, 5.74) is -0.723. The van der Waals surface area contributed by atoms with Crippen molar-refractivity contribution in [1.82, 2.24) is 50.0 Å². The molecule has 4 N–H and O–H groups in total. The lowest BCUT2D eigenvalue weighted by Crippen LogP contribution is -2.53. The molecule has 5 rings (SSSR count). The van der Waals surface area contributed by atoms with Crippen molar-refractivity contribution in [3.05, 3.63) is 83.4 Å². The van der Waals surface area contributed by atoms with Gasteiger partial charge in [-0.25, -0.2) is 4.98 Å². The fourth-order valence-corrected chi connectivity index (χ4v) is 9.77. The van der Waals surface area contributed by atoms with Crippen molar-refractivity contribution in [2.75, 3.05) is 104 Å². The van der Waals surface area contributed by atoms with Gasteiger partial charge in [0.1, 0.15) is 40.3 Å². The molecule has 88 heavy (non-hydrogen) atoms. The molecule has 0 saturated carbocycles. The largest absolute Gasteiger partial charge is 0.469 e. The first-order valence-electron chi connectivity index (χ1n) is 30.1. The number of methoxy groups -OCH3 is 1. The summed E-state index contributed by atoms with van der Waals surface area (Å²) in [6.45, 7) is 23.5. The molecule has 4 amide bonds. The molecule has 2 aliphatic heterocycles. The first-order chi connectivity index (χ1) is 41.2. The second kappa shape index (κ2) is 32.7. The Morgan fingerprint density at radius 3 is 1.62 bits per heavy atom. The zero-order valence-corrected chi connectivity index (χ0v) is 53.9. The number of ether oxygens (including phenoxy) is 5. The van der Waals surface area contributed by atoms with Crippen LogP contribution in [0.25, 0.3) is 0 Å². The summed E-state index contributed by atoms with van der Waals surface area (Å²) < 4.78 is 27.6. The van der Waals surface area contributed by atoms with Gasteiger partial charge in [-0.05, 0) is 119 Å². The third-order valence-corrected chi connectivity index (χ3v) is 13.6. The van der Waals surface area contributed by atoms with Gasteiger partial charge in [-0.2, -0.15) is 0 Å². The average Bonchev–Trinajstić information content (AvgIpc) is 2.87. The minimum Gasteiger partial charge on any atom is -0.469 e. The molecule has 25 nitrogen and oxygen atoms in total. The van der Waals surface area contributed by atoms with Crippen molar-refractivity contribution in [1.29, 1.82) is 0 Å². The van der Waals surface area contributed by atoms with Crippen LogP contribution >= 0.6 is 0 Å².